The minimum absolute atomic E-state index is 1.26. The van der Waals surface area contributed by atoms with Crippen molar-refractivity contribution in [3.8, 4) is 33.4 Å². The molecule has 0 aliphatic heterocycles. The molecule has 0 bridgehead atoms. The second-order valence-corrected chi connectivity index (χ2v) is 6.48. The zero-order valence-electron chi connectivity index (χ0n) is 13.8. The summed E-state index contributed by atoms with van der Waals surface area (Å²) in [6.07, 6.45) is 2.29. The highest BCUT2D eigenvalue weighted by Gasteiger charge is 2.19. The molecular weight excluding hydrogens is 300 g/mol. The number of fused-ring (bicyclic) bond motifs is 3. The van der Waals surface area contributed by atoms with E-state index >= 15 is 0 Å². The average Bonchev–Trinajstić information content (AvgIpc) is 3.06. The maximum atomic E-state index is 2.32. The molecule has 0 saturated heterocycles. The fourth-order valence-electron chi connectivity index (χ4n) is 3.62. The molecule has 0 N–H and O–H groups in total. The highest BCUT2D eigenvalue weighted by atomic mass is 14.2. The predicted molar refractivity (Wildman–Crippen MR) is 105 cm³/mol. The van der Waals surface area contributed by atoms with Gasteiger partial charge in [-0.05, 0) is 56.6 Å². The minimum atomic E-state index is 1.26. The van der Waals surface area contributed by atoms with E-state index in [0.717, 1.165) is 0 Å². The van der Waals surface area contributed by atoms with Gasteiger partial charge in [-0.3, -0.25) is 0 Å². The van der Waals surface area contributed by atoms with Crippen LogP contribution >= 0.6 is 0 Å². The summed E-state index contributed by atoms with van der Waals surface area (Å²) in [6.45, 7) is 0. The second-order valence-electron chi connectivity index (χ2n) is 6.48. The van der Waals surface area contributed by atoms with E-state index in [0.29, 0.717) is 0 Å². The first kappa shape index (κ1) is 14.2. The standard InChI is InChI=1S/C25H17/c1-3-7-18(8-4-1)20-11-13-22-15-23-14-12-21(17-25(23)24(22)16-20)19-9-5-2-6-10-19/h1-17H. The summed E-state index contributed by atoms with van der Waals surface area (Å²) in [4.78, 5) is 0. The first-order chi connectivity index (χ1) is 12.4. The summed E-state index contributed by atoms with van der Waals surface area (Å²) in [6, 6.07) is 34.7. The summed E-state index contributed by atoms with van der Waals surface area (Å²) < 4.78 is 0. The van der Waals surface area contributed by atoms with E-state index in [1.165, 1.54) is 44.5 Å². The summed E-state index contributed by atoms with van der Waals surface area (Å²) in [5.41, 5.74) is 10.3. The molecule has 1 aliphatic carbocycles. The molecular formula is C25H17. The highest BCUT2D eigenvalue weighted by Crippen LogP contribution is 2.41. The molecule has 0 unspecified atom stereocenters. The molecule has 0 atom stereocenters. The van der Waals surface area contributed by atoms with Gasteiger partial charge in [0.1, 0.15) is 0 Å². The van der Waals surface area contributed by atoms with Crippen molar-refractivity contribution in [1.29, 1.82) is 0 Å². The fraction of sp³-hybridized carbons (Fsp3) is 0. The molecule has 0 saturated carbocycles. The molecule has 0 heterocycles. The zero-order chi connectivity index (χ0) is 16.6. The molecule has 0 heteroatoms. The summed E-state index contributed by atoms with van der Waals surface area (Å²) in [5, 5.41) is 0. The summed E-state index contributed by atoms with van der Waals surface area (Å²) in [7, 11) is 0. The molecule has 25 heavy (non-hydrogen) atoms. The van der Waals surface area contributed by atoms with Gasteiger partial charge in [-0.25, -0.2) is 0 Å². The van der Waals surface area contributed by atoms with E-state index in [1.807, 2.05) is 0 Å². The van der Waals surface area contributed by atoms with Crippen molar-refractivity contribution in [1.82, 2.24) is 0 Å². The Kier molecular flexibility index (Phi) is 3.28. The van der Waals surface area contributed by atoms with E-state index in [9.17, 15) is 0 Å². The van der Waals surface area contributed by atoms with Crippen LogP contribution < -0.4 is 0 Å². The van der Waals surface area contributed by atoms with Crippen LogP contribution in [0.15, 0.2) is 97.1 Å². The average molecular weight is 317 g/mol. The monoisotopic (exact) mass is 317 g/mol. The van der Waals surface area contributed by atoms with Crippen LogP contribution in [0.25, 0.3) is 33.4 Å². The van der Waals surface area contributed by atoms with Crippen LogP contribution in [0.5, 0.6) is 0 Å². The Bertz CT molecular complexity index is 957. The van der Waals surface area contributed by atoms with Crippen molar-refractivity contribution in [3.05, 3.63) is 115 Å². The molecule has 1 aliphatic rings. The number of benzene rings is 4. The van der Waals surface area contributed by atoms with Crippen LogP contribution in [-0.4, -0.2) is 0 Å². The van der Waals surface area contributed by atoms with Crippen molar-refractivity contribution in [2.75, 3.05) is 0 Å². The van der Waals surface area contributed by atoms with Crippen LogP contribution in [0.4, 0.5) is 0 Å². The fourth-order valence-corrected chi connectivity index (χ4v) is 3.62. The van der Waals surface area contributed by atoms with Crippen molar-refractivity contribution < 1.29 is 0 Å². The molecule has 0 nitrogen and oxygen atoms in total. The lowest BCUT2D eigenvalue weighted by molar-refractivity contribution is 1.53. The van der Waals surface area contributed by atoms with Crippen LogP contribution in [-0.2, 0) is 0 Å². The SMILES string of the molecule is [CH]1c2ccc(-c3ccccc3)cc2-c2cc(-c3ccccc3)ccc21. The third-order valence-electron chi connectivity index (χ3n) is 4.92. The molecule has 0 aromatic heterocycles. The van der Waals surface area contributed by atoms with Gasteiger partial charge < -0.3 is 0 Å². The number of rotatable bonds is 2. The summed E-state index contributed by atoms with van der Waals surface area (Å²) in [5.74, 6) is 0. The Labute approximate surface area is 148 Å². The number of hydrogen-bond acceptors (Lipinski definition) is 0. The molecule has 4 aromatic rings. The van der Waals surface area contributed by atoms with Crippen LogP contribution in [0.1, 0.15) is 11.1 Å². The van der Waals surface area contributed by atoms with Gasteiger partial charge in [0.05, 0.1) is 0 Å². The molecule has 0 amide bonds. The Morgan fingerprint density at radius 2 is 0.800 bits per heavy atom. The molecule has 0 spiro atoms. The van der Waals surface area contributed by atoms with Gasteiger partial charge in [0.25, 0.3) is 0 Å². The van der Waals surface area contributed by atoms with Gasteiger partial charge in [0.2, 0.25) is 0 Å². The smallest absolute Gasteiger partial charge is 0.0211 e. The largest absolute Gasteiger partial charge is 0.0622 e. The third-order valence-corrected chi connectivity index (χ3v) is 4.92. The second kappa shape index (κ2) is 5.75. The topological polar surface area (TPSA) is 0 Å². The van der Waals surface area contributed by atoms with Gasteiger partial charge in [-0.2, -0.15) is 0 Å². The van der Waals surface area contributed by atoms with E-state index in [1.54, 1.807) is 0 Å². The van der Waals surface area contributed by atoms with Gasteiger partial charge in [0.15, 0.2) is 0 Å². The maximum absolute atomic E-state index is 2.32. The van der Waals surface area contributed by atoms with Gasteiger partial charge in [-0.15, -0.1) is 0 Å². The maximum Gasteiger partial charge on any atom is 0.0211 e. The lowest BCUT2D eigenvalue weighted by atomic mass is 9.96. The van der Waals surface area contributed by atoms with E-state index in [2.05, 4.69) is 103 Å². The molecule has 0 fully saturated rings. The molecule has 117 valence electrons. The third kappa shape index (κ3) is 2.47. The van der Waals surface area contributed by atoms with Crippen LogP contribution in [0, 0.1) is 6.42 Å². The minimum Gasteiger partial charge on any atom is -0.0622 e. The van der Waals surface area contributed by atoms with Crippen molar-refractivity contribution in [2.45, 2.75) is 0 Å². The first-order valence-electron chi connectivity index (χ1n) is 8.62. The first-order valence-corrected chi connectivity index (χ1v) is 8.62. The predicted octanol–water partition coefficient (Wildman–Crippen LogP) is 6.60. The summed E-state index contributed by atoms with van der Waals surface area (Å²) >= 11 is 0. The molecule has 4 aromatic carbocycles. The van der Waals surface area contributed by atoms with Crippen molar-refractivity contribution in [2.24, 2.45) is 0 Å². The zero-order valence-corrected chi connectivity index (χ0v) is 13.8. The number of hydrogen-bond donors (Lipinski definition) is 0. The Morgan fingerprint density at radius 3 is 1.24 bits per heavy atom. The van der Waals surface area contributed by atoms with Crippen LogP contribution in [0.3, 0.4) is 0 Å². The van der Waals surface area contributed by atoms with Gasteiger partial charge in [0, 0.05) is 6.42 Å². The Hall–Kier alpha value is -3.12. The highest BCUT2D eigenvalue weighted by molar-refractivity contribution is 5.87. The quantitative estimate of drug-likeness (QED) is 0.344. The lowest BCUT2D eigenvalue weighted by Crippen LogP contribution is -1.83. The normalized spacial score (nSPS) is 11.8. The van der Waals surface area contributed by atoms with Gasteiger partial charge in [-0.1, -0.05) is 84.9 Å². The van der Waals surface area contributed by atoms with E-state index < -0.39 is 0 Å². The van der Waals surface area contributed by atoms with E-state index in [-0.39, 0.29) is 0 Å². The van der Waals surface area contributed by atoms with E-state index in [4.69, 9.17) is 0 Å². The van der Waals surface area contributed by atoms with Crippen molar-refractivity contribution in [3.63, 3.8) is 0 Å². The van der Waals surface area contributed by atoms with Crippen LogP contribution in [0.2, 0.25) is 0 Å². The Balaban J connectivity index is 1.63. The molecule has 1 radical (unpaired) electrons. The van der Waals surface area contributed by atoms with Gasteiger partial charge >= 0.3 is 0 Å². The Morgan fingerprint density at radius 1 is 0.360 bits per heavy atom. The molecule has 5 rings (SSSR count). The van der Waals surface area contributed by atoms with Crippen molar-refractivity contribution >= 4 is 0 Å². The lowest BCUT2D eigenvalue weighted by Gasteiger charge is -2.08.